The van der Waals surface area contributed by atoms with E-state index in [1.165, 1.54) is 4.68 Å². The summed E-state index contributed by atoms with van der Waals surface area (Å²) in [7, 11) is 3.15. The number of methoxy groups -OCH3 is 2. The zero-order valence-electron chi connectivity index (χ0n) is 17.2. The molecular formula is C24H21N3O4. The summed E-state index contributed by atoms with van der Waals surface area (Å²) in [5.74, 6) is 0.959. The van der Waals surface area contributed by atoms with Crippen molar-refractivity contribution < 1.29 is 14.3 Å². The molecule has 0 radical (unpaired) electrons. The van der Waals surface area contributed by atoms with E-state index in [4.69, 9.17) is 9.47 Å². The Morgan fingerprint density at radius 2 is 1.58 bits per heavy atom. The SMILES string of the molecule is COc1ccc(-n2nc(C(=O)NCc3ccccc3OC)c3ccccc3c2=O)cc1. The van der Waals surface area contributed by atoms with Crippen molar-refractivity contribution in [1.29, 1.82) is 0 Å². The van der Waals surface area contributed by atoms with Gasteiger partial charge in [-0.2, -0.15) is 9.78 Å². The second-order valence-electron chi connectivity index (χ2n) is 6.80. The maximum absolute atomic E-state index is 13.1. The number of rotatable bonds is 6. The number of para-hydroxylation sites is 1. The number of carbonyl (C=O) groups is 1. The molecule has 0 aliphatic carbocycles. The standard InChI is InChI=1S/C24H21N3O4/c1-30-18-13-11-17(12-14-18)27-24(29)20-9-5-4-8-19(20)22(26-27)23(28)25-15-16-7-3-6-10-21(16)31-2/h3-14H,15H2,1-2H3,(H,25,28). The van der Waals surface area contributed by atoms with Crippen LogP contribution in [0.3, 0.4) is 0 Å². The average molecular weight is 415 g/mol. The van der Waals surface area contributed by atoms with Crippen molar-refractivity contribution in [3.8, 4) is 17.2 Å². The van der Waals surface area contributed by atoms with Gasteiger partial charge < -0.3 is 14.8 Å². The molecule has 0 unspecified atom stereocenters. The number of benzene rings is 3. The topological polar surface area (TPSA) is 82.5 Å². The monoisotopic (exact) mass is 415 g/mol. The fraction of sp³-hybridized carbons (Fsp3) is 0.125. The maximum Gasteiger partial charge on any atom is 0.279 e. The van der Waals surface area contributed by atoms with Crippen LogP contribution in [0.2, 0.25) is 0 Å². The Bertz CT molecular complexity index is 1300. The van der Waals surface area contributed by atoms with Crippen LogP contribution < -0.4 is 20.3 Å². The maximum atomic E-state index is 13.1. The van der Waals surface area contributed by atoms with Gasteiger partial charge in [-0.05, 0) is 36.4 Å². The third-order valence-electron chi connectivity index (χ3n) is 4.97. The van der Waals surface area contributed by atoms with Crippen LogP contribution in [-0.2, 0) is 6.54 Å². The Balaban J connectivity index is 1.75. The van der Waals surface area contributed by atoms with Crippen molar-refractivity contribution in [2.45, 2.75) is 6.54 Å². The highest BCUT2D eigenvalue weighted by atomic mass is 16.5. The zero-order valence-corrected chi connectivity index (χ0v) is 17.2. The lowest BCUT2D eigenvalue weighted by Crippen LogP contribution is -2.29. The quantitative estimate of drug-likeness (QED) is 0.522. The molecule has 0 atom stereocenters. The van der Waals surface area contributed by atoms with Gasteiger partial charge in [0.1, 0.15) is 11.5 Å². The lowest BCUT2D eigenvalue weighted by molar-refractivity contribution is 0.0946. The molecule has 7 nitrogen and oxygen atoms in total. The van der Waals surface area contributed by atoms with Gasteiger partial charge in [0, 0.05) is 17.5 Å². The van der Waals surface area contributed by atoms with E-state index in [0.717, 1.165) is 5.56 Å². The fourth-order valence-electron chi connectivity index (χ4n) is 3.36. The average Bonchev–Trinajstić information content (AvgIpc) is 2.83. The van der Waals surface area contributed by atoms with E-state index in [1.807, 2.05) is 24.3 Å². The molecule has 0 saturated heterocycles. The fourth-order valence-corrected chi connectivity index (χ4v) is 3.36. The highest BCUT2D eigenvalue weighted by Crippen LogP contribution is 2.19. The summed E-state index contributed by atoms with van der Waals surface area (Å²) < 4.78 is 11.8. The molecule has 0 fully saturated rings. The van der Waals surface area contributed by atoms with Gasteiger partial charge >= 0.3 is 0 Å². The summed E-state index contributed by atoms with van der Waals surface area (Å²) >= 11 is 0. The number of nitrogens with zero attached hydrogens (tertiary/aromatic N) is 2. The number of hydrogen-bond donors (Lipinski definition) is 1. The predicted molar refractivity (Wildman–Crippen MR) is 118 cm³/mol. The molecule has 0 saturated carbocycles. The van der Waals surface area contributed by atoms with Crippen molar-refractivity contribution in [1.82, 2.24) is 15.1 Å². The molecule has 4 rings (SSSR count). The number of fused-ring (bicyclic) bond motifs is 1. The van der Waals surface area contributed by atoms with Crippen LogP contribution in [0.15, 0.2) is 77.6 Å². The molecule has 156 valence electrons. The summed E-state index contributed by atoms with van der Waals surface area (Å²) in [4.78, 5) is 26.1. The number of amides is 1. The van der Waals surface area contributed by atoms with Crippen molar-refractivity contribution in [2.75, 3.05) is 14.2 Å². The first-order chi connectivity index (χ1) is 15.1. The number of nitrogens with one attached hydrogen (secondary N) is 1. The van der Waals surface area contributed by atoms with Gasteiger partial charge in [-0.1, -0.05) is 36.4 Å². The van der Waals surface area contributed by atoms with E-state index in [9.17, 15) is 9.59 Å². The van der Waals surface area contributed by atoms with Crippen molar-refractivity contribution >= 4 is 16.7 Å². The minimum absolute atomic E-state index is 0.168. The minimum atomic E-state index is -0.385. The molecule has 0 aliphatic rings. The smallest absolute Gasteiger partial charge is 0.279 e. The molecule has 31 heavy (non-hydrogen) atoms. The van der Waals surface area contributed by atoms with Crippen LogP contribution in [0.1, 0.15) is 16.1 Å². The molecule has 0 spiro atoms. The summed E-state index contributed by atoms with van der Waals surface area (Å²) in [5, 5.41) is 8.19. The normalized spacial score (nSPS) is 10.6. The zero-order chi connectivity index (χ0) is 21.8. The molecule has 3 aromatic carbocycles. The van der Waals surface area contributed by atoms with E-state index < -0.39 is 0 Å². The van der Waals surface area contributed by atoms with E-state index in [-0.39, 0.29) is 23.7 Å². The van der Waals surface area contributed by atoms with Crippen LogP contribution in [0.25, 0.3) is 16.5 Å². The van der Waals surface area contributed by atoms with Crippen molar-refractivity contribution in [3.05, 3.63) is 94.4 Å². The van der Waals surface area contributed by atoms with Crippen LogP contribution in [0.4, 0.5) is 0 Å². The second-order valence-corrected chi connectivity index (χ2v) is 6.80. The minimum Gasteiger partial charge on any atom is -0.497 e. The van der Waals surface area contributed by atoms with Gasteiger partial charge in [0.15, 0.2) is 5.69 Å². The van der Waals surface area contributed by atoms with E-state index >= 15 is 0 Å². The second kappa shape index (κ2) is 8.71. The Hall–Kier alpha value is -4.13. The van der Waals surface area contributed by atoms with Gasteiger partial charge in [0.25, 0.3) is 11.5 Å². The molecule has 4 aromatic rings. The van der Waals surface area contributed by atoms with Gasteiger partial charge in [-0.15, -0.1) is 0 Å². The lowest BCUT2D eigenvalue weighted by Gasteiger charge is -2.13. The van der Waals surface area contributed by atoms with E-state index in [2.05, 4.69) is 10.4 Å². The van der Waals surface area contributed by atoms with Crippen molar-refractivity contribution in [2.24, 2.45) is 0 Å². The molecule has 1 heterocycles. The van der Waals surface area contributed by atoms with Crippen LogP contribution >= 0.6 is 0 Å². The molecular weight excluding hydrogens is 394 g/mol. The van der Waals surface area contributed by atoms with Crippen LogP contribution in [0, 0.1) is 0 Å². The largest absolute Gasteiger partial charge is 0.497 e. The Morgan fingerprint density at radius 3 is 2.29 bits per heavy atom. The first kappa shape index (κ1) is 20.2. The molecule has 0 aliphatic heterocycles. The summed E-state index contributed by atoms with van der Waals surface area (Å²) in [5.41, 5.74) is 1.24. The number of aromatic nitrogens is 2. The summed E-state index contributed by atoms with van der Waals surface area (Å²) in [6.45, 7) is 0.264. The number of ether oxygens (including phenoxy) is 2. The van der Waals surface area contributed by atoms with E-state index in [1.54, 1.807) is 62.8 Å². The first-order valence-corrected chi connectivity index (χ1v) is 9.69. The van der Waals surface area contributed by atoms with Gasteiger partial charge in [0.2, 0.25) is 0 Å². The summed E-state index contributed by atoms with van der Waals surface area (Å²) in [6.07, 6.45) is 0. The molecule has 1 amide bonds. The van der Waals surface area contributed by atoms with Crippen molar-refractivity contribution in [3.63, 3.8) is 0 Å². The van der Waals surface area contributed by atoms with Crippen LogP contribution in [0.5, 0.6) is 11.5 Å². The molecule has 1 N–H and O–H groups in total. The summed E-state index contributed by atoms with van der Waals surface area (Å²) in [6, 6.07) is 21.3. The third-order valence-corrected chi connectivity index (χ3v) is 4.97. The Kier molecular flexibility index (Phi) is 5.66. The highest BCUT2D eigenvalue weighted by Gasteiger charge is 2.18. The lowest BCUT2D eigenvalue weighted by atomic mass is 10.1. The predicted octanol–water partition coefficient (Wildman–Crippen LogP) is 3.33. The van der Waals surface area contributed by atoms with Gasteiger partial charge in [-0.25, -0.2) is 0 Å². The van der Waals surface area contributed by atoms with Gasteiger partial charge in [-0.3, -0.25) is 9.59 Å². The number of carbonyl (C=O) groups excluding carboxylic acids is 1. The Labute approximate surface area is 178 Å². The molecule has 7 heteroatoms. The highest BCUT2D eigenvalue weighted by molar-refractivity contribution is 6.04. The van der Waals surface area contributed by atoms with Gasteiger partial charge in [0.05, 0.1) is 25.3 Å². The molecule has 0 bridgehead atoms. The Morgan fingerprint density at radius 1 is 0.903 bits per heavy atom. The first-order valence-electron chi connectivity index (χ1n) is 9.69. The third kappa shape index (κ3) is 3.98. The van der Waals surface area contributed by atoms with E-state index in [0.29, 0.717) is 28.0 Å². The number of hydrogen-bond acceptors (Lipinski definition) is 5. The van der Waals surface area contributed by atoms with Crippen LogP contribution in [-0.4, -0.2) is 29.9 Å². The molecule has 1 aromatic heterocycles.